The van der Waals surface area contributed by atoms with Crippen molar-refractivity contribution in [3.63, 3.8) is 0 Å². The van der Waals surface area contributed by atoms with Crippen LogP contribution in [0, 0.1) is 5.92 Å². The Bertz CT molecular complexity index is 391. The van der Waals surface area contributed by atoms with Crippen molar-refractivity contribution in [3.8, 4) is 0 Å². The minimum absolute atomic E-state index is 0.0767. The van der Waals surface area contributed by atoms with Crippen LogP contribution in [0.4, 0.5) is 0 Å². The summed E-state index contributed by atoms with van der Waals surface area (Å²) in [4.78, 5) is 12.2. The summed E-state index contributed by atoms with van der Waals surface area (Å²) < 4.78 is 0. The summed E-state index contributed by atoms with van der Waals surface area (Å²) in [5.41, 5.74) is 1.15. The van der Waals surface area contributed by atoms with Gasteiger partial charge in [-0.15, -0.1) is 0 Å². The molecular formula is C15H22N2O. The number of hydrogen-bond donors (Lipinski definition) is 2. The minimum Gasteiger partial charge on any atom is -0.349 e. The topological polar surface area (TPSA) is 41.1 Å². The van der Waals surface area contributed by atoms with E-state index in [2.05, 4.69) is 17.6 Å². The third-order valence-corrected chi connectivity index (χ3v) is 3.76. The van der Waals surface area contributed by atoms with Gasteiger partial charge in [0.2, 0.25) is 5.91 Å². The minimum atomic E-state index is 0.0767. The van der Waals surface area contributed by atoms with Crippen LogP contribution >= 0.6 is 0 Å². The van der Waals surface area contributed by atoms with E-state index < -0.39 is 0 Å². The van der Waals surface area contributed by atoms with Crippen molar-refractivity contribution in [2.24, 2.45) is 5.92 Å². The number of amides is 1. The first-order valence-electron chi connectivity index (χ1n) is 6.77. The standard InChI is InChI=1S/C15H22N2O/c1-11(13-7-4-3-5-8-13)17-15(18)14-9-6-10-16-12(14)2/h3-5,7-8,11-12,14,16H,6,9-10H2,1-2H3,(H,17,18). The van der Waals surface area contributed by atoms with E-state index in [1.165, 1.54) is 0 Å². The van der Waals surface area contributed by atoms with Crippen molar-refractivity contribution in [2.45, 2.75) is 38.8 Å². The van der Waals surface area contributed by atoms with Crippen LogP contribution in [-0.2, 0) is 4.79 Å². The summed E-state index contributed by atoms with van der Waals surface area (Å²) in [5, 5.41) is 6.48. The largest absolute Gasteiger partial charge is 0.349 e. The molecule has 1 aromatic rings. The van der Waals surface area contributed by atoms with Gasteiger partial charge in [0.15, 0.2) is 0 Å². The summed E-state index contributed by atoms with van der Waals surface area (Å²) in [5.74, 6) is 0.274. The molecular weight excluding hydrogens is 224 g/mol. The summed E-state index contributed by atoms with van der Waals surface area (Å²) in [6.07, 6.45) is 2.07. The average Bonchev–Trinajstić information content (AvgIpc) is 2.40. The van der Waals surface area contributed by atoms with Gasteiger partial charge < -0.3 is 10.6 Å². The Hall–Kier alpha value is -1.35. The van der Waals surface area contributed by atoms with Gasteiger partial charge in [0, 0.05) is 6.04 Å². The number of piperidine rings is 1. The first kappa shape index (κ1) is 13.1. The van der Waals surface area contributed by atoms with E-state index in [-0.39, 0.29) is 23.9 Å². The number of rotatable bonds is 3. The molecule has 0 aromatic heterocycles. The van der Waals surface area contributed by atoms with Crippen LogP contribution in [0.5, 0.6) is 0 Å². The molecule has 1 aliphatic rings. The molecule has 2 rings (SSSR count). The molecule has 1 aromatic carbocycles. The van der Waals surface area contributed by atoms with E-state index in [1.807, 2.05) is 37.3 Å². The lowest BCUT2D eigenvalue weighted by atomic mass is 9.91. The van der Waals surface area contributed by atoms with Gasteiger partial charge in [-0.05, 0) is 38.8 Å². The second-order valence-corrected chi connectivity index (χ2v) is 5.13. The van der Waals surface area contributed by atoms with Gasteiger partial charge in [-0.1, -0.05) is 30.3 Å². The van der Waals surface area contributed by atoms with Crippen molar-refractivity contribution < 1.29 is 4.79 Å². The molecule has 1 aliphatic heterocycles. The molecule has 0 saturated carbocycles. The maximum absolute atomic E-state index is 12.2. The molecule has 3 nitrogen and oxygen atoms in total. The lowest BCUT2D eigenvalue weighted by Crippen LogP contribution is -2.47. The molecule has 0 spiro atoms. The van der Waals surface area contributed by atoms with Crippen molar-refractivity contribution in [1.29, 1.82) is 0 Å². The number of benzene rings is 1. The van der Waals surface area contributed by atoms with Crippen molar-refractivity contribution in [2.75, 3.05) is 6.54 Å². The quantitative estimate of drug-likeness (QED) is 0.859. The highest BCUT2D eigenvalue weighted by molar-refractivity contribution is 5.79. The Balaban J connectivity index is 1.94. The van der Waals surface area contributed by atoms with Crippen molar-refractivity contribution in [1.82, 2.24) is 10.6 Å². The lowest BCUT2D eigenvalue weighted by molar-refractivity contribution is -0.127. The lowest BCUT2D eigenvalue weighted by Gasteiger charge is -2.30. The molecule has 3 unspecified atom stereocenters. The number of carbonyl (C=O) groups excluding carboxylic acids is 1. The molecule has 0 aliphatic carbocycles. The van der Waals surface area contributed by atoms with Gasteiger partial charge in [-0.25, -0.2) is 0 Å². The van der Waals surface area contributed by atoms with E-state index in [1.54, 1.807) is 0 Å². The van der Waals surface area contributed by atoms with Crippen LogP contribution in [0.15, 0.2) is 30.3 Å². The Morgan fingerprint density at radius 3 is 2.78 bits per heavy atom. The maximum atomic E-state index is 12.2. The smallest absolute Gasteiger partial charge is 0.225 e. The molecule has 98 valence electrons. The summed E-state index contributed by atoms with van der Waals surface area (Å²) in [7, 11) is 0. The average molecular weight is 246 g/mol. The van der Waals surface area contributed by atoms with E-state index in [0.29, 0.717) is 0 Å². The highest BCUT2D eigenvalue weighted by atomic mass is 16.2. The molecule has 3 heteroatoms. The van der Waals surface area contributed by atoms with Gasteiger partial charge in [0.25, 0.3) is 0 Å². The summed E-state index contributed by atoms with van der Waals surface area (Å²) in [6.45, 7) is 5.16. The van der Waals surface area contributed by atoms with Crippen LogP contribution in [0.25, 0.3) is 0 Å². The molecule has 2 N–H and O–H groups in total. The predicted octanol–water partition coefficient (Wildman–Crippen LogP) is 2.25. The van der Waals surface area contributed by atoms with Crippen LogP contribution < -0.4 is 10.6 Å². The highest BCUT2D eigenvalue weighted by Gasteiger charge is 2.28. The van der Waals surface area contributed by atoms with Crippen LogP contribution in [0.2, 0.25) is 0 Å². The fourth-order valence-electron chi connectivity index (χ4n) is 2.55. The second-order valence-electron chi connectivity index (χ2n) is 5.13. The zero-order valence-corrected chi connectivity index (χ0v) is 11.1. The predicted molar refractivity (Wildman–Crippen MR) is 73.2 cm³/mol. The molecule has 0 bridgehead atoms. The summed E-state index contributed by atoms with van der Waals surface area (Å²) >= 11 is 0. The van der Waals surface area contributed by atoms with Gasteiger partial charge in [-0.3, -0.25) is 4.79 Å². The fourth-order valence-corrected chi connectivity index (χ4v) is 2.55. The Morgan fingerprint density at radius 2 is 2.11 bits per heavy atom. The summed E-state index contributed by atoms with van der Waals surface area (Å²) in [6, 6.07) is 10.5. The first-order valence-corrected chi connectivity index (χ1v) is 6.77. The Labute approximate surface area is 109 Å². The third kappa shape index (κ3) is 3.10. The van der Waals surface area contributed by atoms with Crippen LogP contribution in [0.3, 0.4) is 0 Å². The molecule has 3 atom stereocenters. The highest BCUT2D eigenvalue weighted by Crippen LogP contribution is 2.18. The van der Waals surface area contributed by atoms with E-state index in [0.717, 1.165) is 24.9 Å². The van der Waals surface area contributed by atoms with Crippen LogP contribution in [0.1, 0.15) is 38.3 Å². The van der Waals surface area contributed by atoms with Gasteiger partial charge in [-0.2, -0.15) is 0 Å². The number of hydrogen-bond acceptors (Lipinski definition) is 2. The zero-order chi connectivity index (χ0) is 13.0. The van der Waals surface area contributed by atoms with Crippen LogP contribution in [-0.4, -0.2) is 18.5 Å². The van der Waals surface area contributed by atoms with E-state index in [4.69, 9.17) is 0 Å². The van der Waals surface area contributed by atoms with Crippen molar-refractivity contribution in [3.05, 3.63) is 35.9 Å². The zero-order valence-electron chi connectivity index (χ0n) is 11.1. The monoisotopic (exact) mass is 246 g/mol. The maximum Gasteiger partial charge on any atom is 0.225 e. The molecule has 18 heavy (non-hydrogen) atoms. The van der Waals surface area contributed by atoms with E-state index >= 15 is 0 Å². The van der Waals surface area contributed by atoms with Gasteiger partial charge in [0.1, 0.15) is 0 Å². The van der Waals surface area contributed by atoms with E-state index in [9.17, 15) is 4.79 Å². The normalized spacial score (nSPS) is 25.4. The van der Waals surface area contributed by atoms with Crippen molar-refractivity contribution >= 4 is 5.91 Å². The number of carbonyl (C=O) groups is 1. The molecule has 1 heterocycles. The van der Waals surface area contributed by atoms with Gasteiger partial charge >= 0.3 is 0 Å². The molecule has 1 saturated heterocycles. The SMILES string of the molecule is CC(NC(=O)C1CCCNC1C)c1ccccc1. The molecule has 1 fully saturated rings. The Morgan fingerprint density at radius 1 is 1.39 bits per heavy atom. The molecule has 0 radical (unpaired) electrons. The Kier molecular flexibility index (Phi) is 4.37. The third-order valence-electron chi connectivity index (χ3n) is 3.76. The second kappa shape index (κ2) is 6.01. The van der Waals surface area contributed by atoms with Gasteiger partial charge in [0.05, 0.1) is 12.0 Å². The number of nitrogens with one attached hydrogen (secondary N) is 2. The first-order chi connectivity index (χ1) is 8.68. The molecule has 1 amide bonds. The fraction of sp³-hybridized carbons (Fsp3) is 0.533.